The molecule has 3 rings (SSSR count). The van der Waals surface area contributed by atoms with Crippen molar-refractivity contribution < 1.29 is 17.9 Å². The van der Waals surface area contributed by atoms with Crippen LogP contribution in [-0.2, 0) is 0 Å². The van der Waals surface area contributed by atoms with Crippen molar-refractivity contribution in [1.82, 2.24) is 0 Å². The summed E-state index contributed by atoms with van der Waals surface area (Å²) in [4.78, 5) is 0. The van der Waals surface area contributed by atoms with Crippen molar-refractivity contribution in [2.45, 2.75) is 88.3 Å². The number of halogens is 3. The summed E-state index contributed by atoms with van der Waals surface area (Å²) in [5.74, 6) is 0.801. The minimum absolute atomic E-state index is 0.0662. The van der Waals surface area contributed by atoms with Gasteiger partial charge in [-0.05, 0) is 47.9 Å². The van der Waals surface area contributed by atoms with E-state index in [1.54, 1.807) is 0 Å². The average Bonchev–Trinajstić information content (AvgIpc) is 2.68. The van der Waals surface area contributed by atoms with Crippen LogP contribution in [0.15, 0.2) is 18.2 Å². The molecule has 1 saturated carbocycles. The molecule has 0 N–H and O–H groups in total. The van der Waals surface area contributed by atoms with Crippen LogP contribution in [0.1, 0.15) is 69.8 Å². The molecule has 1 saturated heterocycles. The van der Waals surface area contributed by atoms with E-state index in [4.69, 9.17) is 4.74 Å². The molecule has 2 aliphatic rings. The van der Waals surface area contributed by atoms with Gasteiger partial charge in [0.1, 0.15) is 6.61 Å². The summed E-state index contributed by atoms with van der Waals surface area (Å²) in [6, 6.07) is 7.55. The van der Waals surface area contributed by atoms with E-state index in [0.29, 0.717) is 5.92 Å². The van der Waals surface area contributed by atoms with Crippen LogP contribution in [-0.4, -0.2) is 21.8 Å². The molecule has 151 valence electrons. The lowest BCUT2D eigenvalue weighted by atomic mass is 9.86. The minimum atomic E-state index is -2.58. The molecule has 0 spiro atoms. The highest BCUT2D eigenvalue weighted by atomic mass is 28.3. The summed E-state index contributed by atoms with van der Waals surface area (Å²) in [6.07, 6.45) is 8.18. The van der Waals surface area contributed by atoms with Crippen LogP contribution < -0.4 is 4.74 Å². The van der Waals surface area contributed by atoms with E-state index in [9.17, 15) is 13.2 Å². The zero-order valence-corrected chi connectivity index (χ0v) is 17.4. The Kier molecular flexibility index (Phi) is 7.68. The van der Waals surface area contributed by atoms with Gasteiger partial charge in [0.25, 0.3) is 6.43 Å². The molecule has 1 aromatic rings. The van der Waals surface area contributed by atoms with Gasteiger partial charge in [-0.3, -0.25) is 0 Å². The van der Waals surface area contributed by atoms with Crippen molar-refractivity contribution >= 4 is 8.80 Å². The molecule has 1 aliphatic heterocycles. The largest absolute Gasteiger partial charge is 0.485 e. The lowest BCUT2D eigenvalue weighted by Gasteiger charge is -2.37. The van der Waals surface area contributed by atoms with Gasteiger partial charge in [0.05, 0.1) is 8.80 Å². The maximum atomic E-state index is 14.2. The zero-order valence-electron chi connectivity index (χ0n) is 16.4. The average molecular weight is 398 g/mol. The normalized spacial score (nSPS) is 25.1. The smallest absolute Gasteiger partial charge is 0.272 e. The second-order valence-electron chi connectivity index (χ2n) is 8.33. The summed E-state index contributed by atoms with van der Waals surface area (Å²) >= 11 is 0. The predicted octanol–water partition coefficient (Wildman–Crippen LogP) is 7.20. The molecular weight excluding hydrogens is 365 g/mol. The minimum Gasteiger partial charge on any atom is -0.485 e. The number of alkyl halides is 2. The van der Waals surface area contributed by atoms with Crippen LogP contribution in [0.4, 0.5) is 13.2 Å². The summed E-state index contributed by atoms with van der Waals surface area (Å²) in [5.41, 5.74) is 2.00. The fourth-order valence-corrected chi connectivity index (χ4v) is 8.69. The first-order valence-electron chi connectivity index (χ1n) is 10.6. The Morgan fingerprint density at radius 2 is 1.78 bits per heavy atom. The van der Waals surface area contributed by atoms with E-state index in [1.165, 1.54) is 62.7 Å². The first-order valence-corrected chi connectivity index (χ1v) is 12.6. The molecule has 1 aromatic carbocycles. The molecule has 1 heterocycles. The fourth-order valence-electron chi connectivity index (χ4n) is 5.04. The maximum Gasteiger partial charge on any atom is 0.272 e. The van der Waals surface area contributed by atoms with E-state index in [2.05, 4.69) is 6.92 Å². The van der Waals surface area contributed by atoms with Crippen molar-refractivity contribution in [2.75, 3.05) is 6.61 Å². The van der Waals surface area contributed by atoms with Gasteiger partial charge in [-0.2, -0.15) is 0 Å². The first kappa shape index (κ1) is 20.8. The molecule has 5 heteroatoms. The summed E-state index contributed by atoms with van der Waals surface area (Å²) in [7, 11) is -0.264. The van der Waals surface area contributed by atoms with E-state index in [0.717, 1.165) is 29.9 Å². The lowest BCUT2D eigenvalue weighted by Crippen LogP contribution is -2.29. The van der Waals surface area contributed by atoms with Crippen LogP contribution >= 0.6 is 0 Å². The van der Waals surface area contributed by atoms with Gasteiger partial charge in [-0.1, -0.05) is 63.6 Å². The quantitative estimate of drug-likeness (QED) is 0.442. The van der Waals surface area contributed by atoms with Gasteiger partial charge in [0, 0.05) is 0 Å². The number of hydrogen-bond acceptors (Lipinski definition) is 1. The third kappa shape index (κ3) is 5.75. The number of hydrogen-bond donors (Lipinski definition) is 0. The molecular formula is C22H32F3OSi. The van der Waals surface area contributed by atoms with Gasteiger partial charge >= 0.3 is 0 Å². The highest BCUT2D eigenvalue weighted by molar-refractivity contribution is 6.60. The summed E-state index contributed by atoms with van der Waals surface area (Å²) < 4.78 is 43.5. The first-order chi connectivity index (χ1) is 13.1. The van der Waals surface area contributed by atoms with E-state index in [1.807, 2.05) is 6.07 Å². The highest BCUT2D eigenvalue weighted by Gasteiger charge is 2.32. The fraction of sp³-hybridized carbons (Fsp3) is 0.727. The highest BCUT2D eigenvalue weighted by Crippen LogP contribution is 2.44. The van der Waals surface area contributed by atoms with Crippen LogP contribution in [0.3, 0.4) is 0 Å². The van der Waals surface area contributed by atoms with Crippen LogP contribution in [0.25, 0.3) is 0 Å². The molecule has 2 fully saturated rings. The molecule has 1 aliphatic carbocycles. The number of rotatable bonds is 7. The molecule has 0 aromatic heterocycles. The van der Waals surface area contributed by atoms with Gasteiger partial charge in [-0.15, -0.1) is 0 Å². The van der Waals surface area contributed by atoms with E-state index in [-0.39, 0.29) is 14.5 Å². The molecule has 0 unspecified atom stereocenters. The third-order valence-corrected chi connectivity index (χ3v) is 10.1. The second kappa shape index (κ2) is 9.99. The van der Waals surface area contributed by atoms with E-state index >= 15 is 0 Å². The Bertz CT molecular complexity index is 579. The van der Waals surface area contributed by atoms with E-state index < -0.39 is 18.8 Å². The van der Waals surface area contributed by atoms with Crippen LogP contribution in [0.2, 0.25) is 17.6 Å². The SMILES string of the molecule is CCCC1CCC([Si]2CCC(c3ccc(OCC(F)F)c(F)c3)CC2)CC1. The number of benzene rings is 1. The van der Waals surface area contributed by atoms with Gasteiger partial charge < -0.3 is 4.74 Å². The van der Waals surface area contributed by atoms with Crippen molar-refractivity contribution in [3.05, 3.63) is 29.6 Å². The summed E-state index contributed by atoms with van der Waals surface area (Å²) in [5, 5.41) is 0. The molecule has 1 nitrogen and oxygen atoms in total. The molecule has 0 bridgehead atoms. The Morgan fingerprint density at radius 3 is 2.37 bits per heavy atom. The Hall–Kier alpha value is -0.973. The van der Waals surface area contributed by atoms with Crippen molar-refractivity contribution in [1.29, 1.82) is 0 Å². The lowest BCUT2D eigenvalue weighted by molar-refractivity contribution is 0.0799. The standard InChI is InChI=1S/C22H32F3OSi/c1-2-3-16-4-7-19(8-5-16)27-12-10-17(11-13-27)18-6-9-21(20(23)14-18)26-15-22(24)25/h6,9,14,16-17,19,22H,2-5,7-8,10-13,15H2,1H3. The maximum absolute atomic E-state index is 14.2. The topological polar surface area (TPSA) is 9.23 Å². The second-order valence-corrected chi connectivity index (χ2v) is 11.5. The third-order valence-electron chi connectivity index (χ3n) is 6.54. The van der Waals surface area contributed by atoms with Crippen LogP contribution in [0.5, 0.6) is 5.75 Å². The molecule has 1 radical (unpaired) electrons. The van der Waals surface area contributed by atoms with Gasteiger partial charge in [0.2, 0.25) is 0 Å². The molecule has 0 atom stereocenters. The Labute approximate surface area is 163 Å². The Morgan fingerprint density at radius 1 is 1.07 bits per heavy atom. The molecule has 27 heavy (non-hydrogen) atoms. The molecule has 0 amide bonds. The van der Waals surface area contributed by atoms with Crippen molar-refractivity contribution in [3.63, 3.8) is 0 Å². The Balaban J connectivity index is 1.48. The van der Waals surface area contributed by atoms with Crippen LogP contribution in [0, 0.1) is 11.7 Å². The summed E-state index contributed by atoms with van der Waals surface area (Å²) in [6.45, 7) is 1.53. The monoisotopic (exact) mass is 397 g/mol. The predicted molar refractivity (Wildman–Crippen MR) is 106 cm³/mol. The van der Waals surface area contributed by atoms with Crippen molar-refractivity contribution in [3.8, 4) is 5.75 Å². The van der Waals surface area contributed by atoms with Gasteiger partial charge in [0.15, 0.2) is 11.6 Å². The number of ether oxygens (including phenoxy) is 1. The van der Waals surface area contributed by atoms with Crippen molar-refractivity contribution in [2.24, 2.45) is 5.92 Å². The van der Waals surface area contributed by atoms with Gasteiger partial charge in [-0.25, -0.2) is 13.2 Å². The zero-order chi connectivity index (χ0) is 19.2.